The highest BCUT2D eigenvalue weighted by molar-refractivity contribution is 9.10. The number of hydrogen-bond acceptors (Lipinski definition) is 9. The largest absolute Gasteiger partial charge is 0.496 e. The van der Waals surface area contributed by atoms with Crippen LogP contribution in [0.4, 0.5) is 5.69 Å². The van der Waals surface area contributed by atoms with Crippen molar-refractivity contribution in [1.29, 1.82) is 0 Å². The fourth-order valence-corrected chi connectivity index (χ4v) is 6.58. The predicted molar refractivity (Wildman–Crippen MR) is 166 cm³/mol. The molecule has 0 amide bonds. The van der Waals surface area contributed by atoms with Gasteiger partial charge in [0.05, 0.1) is 50.0 Å². The van der Waals surface area contributed by atoms with Crippen LogP contribution in [0, 0.1) is 10.1 Å². The minimum Gasteiger partial charge on any atom is -0.496 e. The number of aromatic nitrogens is 1. The van der Waals surface area contributed by atoms with Gasteiger partial charge < -0.3 is 13.9 Å². The van der Waals surface area contributed by atoms with Crippen LogP contribution < -0.4 is 19.6 Å². The average molecular weight is 687 g/mol. The van der Waals surface area contributed by atoms with Crippen LogP contribution in [0.1, 0.15) is 44.1 Å². The van der Waals surface area contributed by atoms with Crippen molar-refractivity contribution in [2.24, 2.45) is 4.99 Å². The maximum absolute atomic E-state index is 14.0. The molecule has 1 atom stereocenters. The van der Waals surface area contributed by atoms with Gasteiger partial charge in [0.15, 0.2) is 4.80 Å². The molecule has 4 aromatic rings. The van der Waals surface area contributed by atoms with E-state index in [1.807, 2.05) is 13.0 Å². The lowest BCUT2D eigenvalue weighted by Crippen LogP contribution is -2.40. The summed E-state index contributed by atoms with van der Waals surface area (Å²) in [5.41, 5.74) is 1.39. The molecule has 0 bridgehead atoms. The Bertz CT molecular complexity index is 1960. The van der Waals surface area contributed by atoms with Gasteiger partial charge >= 0.3 is 5.97 Å². The first-order valence-corrected chi connectivity index (χ1v) is 15.2. The lowest BCUT2D eigenvalue weighted by molar-refractivity contribution is -0.384. The maximum atomic E-state index is 14.0. The molecule has 0 fully saturated rings. The van der Waals surface area contributed by atoms with Crippen molar-refractivity contribution < 1.29 is 23.6 Å². The van der Waals surface area contributed by atoms with Crippen molar-refractivity contribution in [3.8, 4) is 17.1 Å². The third-order valence-electron chi connectivity index (χ3n) is 6.71. The van der Waals surface area contributed by atoms with E-state index in [2.05, 4.69) is 15.9 Å². The zero-order valence-corrected chi connectivity index (χ0v) is 26.4. The van der Waals surface area contributed by atoms with E-state index in [4.69, 9.17) is 30.5 Å². The highest BCUT2D eigenvalue weighted by Gasteiger charge is 2.34. The van der Waals surface area contributed by atoms with Crippen LogP contribution in [0.3, 0.4) is 0 Å². The van der Waals surface area contributed by atoms with Crippen molar-refractivity contribution in [3.63, 3.8) is 0 Å². The molecular formula is C30H25BrClN3O7S. The summed E-state index contributed by atoms with van der Waals surface area (Å²) < 4.78 is 19.3. The second kappa shape index (κ2) is 12.7. The number of nitro benzene ring substituents is 1. The third kappa shape index (κ3) is 5.95. The summed E-state index contributed by atoms with van der Waals surface area (Å²) in [6, 6.07) is 11.9. The van der Waals surface area contributed by atoms with E-state index in [0.29, 0.717) is 59.9 Å². The molecule has 2 aromatic heterocycles. The first-order valence-electron chi connectivity index (χ1n) is 13.3. The molecule has 3 heterocycles. The quantitative estimate of drug-likeness (QED) is 0.117. The van der Waals surface area contributed by atoms with E-state index in [0.717, 1.165) is 6.42 Å². The SMILES string of the molecule is CCCC1=C(C(=O)OCC)C(c2ccc(OC)c(Br)c2)n2c(s/c(=C\c3ccc(-c4cc([N+](=O)[O-])ccc4Cl)o3)c2=O)=N1. The summed E-state index contributed by atoms with van der Waals surface area (Å²) in [7, 11) is 1.55. The zero-order valence-electron chi connectivity index (χ0n) is 23.3. The van der Waals surface area contributed by atoms with Gasteiger partial charge in [-0.3, -0.25) is 19.5 Å². The Morgan fingerprint density at radius 2 is 2.02 bits per heavy atom. The van der Waals surface area contributed by atoms with E-state index < -0.39 is 16.9 Å². The number of carbonyl (C=O) groups excluding carboxylic acids is 1. The fourth-order valence-electron chi connectivity index (χ4n) is 4.81. The summed E-state index contributed by atoms with van der Waals surface area (Å²) in [5.74, 6) is 0.711. The monoisotopic (exact) mass is 685 g/mol. The molecule has 0 spiro atoms. The molecule has 0 aliphatic carbocycles. The number of allylic oxidation sites excluding steroid dienone is 1. The smallest absolute Gasteiger partial charge is 0.338 e. The summed E-state index contributed by atoms with van der Waals surface area (Å²) in [5, 5.41) is 11.5. The summed E-state index contributed by atoms with van der Waals surface area (Å²) in [6.45, 7) is 3.88. The number of fused-ring (bicyclic) bond motifs is 1. The number of hydrogen-bond donors (Lipinski definition) is 0. The predicted octanol–water partition coefficient (Wildman–Crippen LogP) is 6.17. The van der Waals surface area contributed by atoms with Gasteiger partial charge in [-0.25, -0.2) is 9.79 Å². The minimum absolute atomic E-state index is 0.129. The number of nitrogens with zero attached hydrogens (tertiary/aromatic N) is 3. The Morgan fingerprint density at radius 3 is 2.70 bits per heavy atom. The van der Waals surface area contributed by atoms with Gasteiger partial charge in [-0.05, 0) is 65.2 Å². The van der Waals surface area contributed by atoms with E-state index in [1.54, 1.807) is 44.4 Å². The van der Waals surface area contributed by atoms with Crippen LogP contribution >= 0.6 is 38.9 Å². The maximum Gasteiger partial charge on any atom is 0.338 e. The molecule has 1 aliphatic rings. The number of nitro groups is 1. The second-order valence-electron chi connectivity index (χ2n) is 9.43. The van der Waals surface area contributed by atoms with Crippen LogP contribution in [0.25, 0.3) is 17.4 Å². The Labute approximate surface area is 262 Å². The van der Waals surface area contributed by atoms with E-state index in [9.17, 15) is 19.7 Å². The number of carbonyl (C=O) groups is 1. The molecule has 222 valence electrons. The van der Waals surface area contributed by atoms with Gasteiger partial charge in [0, 0.05) is 23.8 Å². The number of benzene rings is 2. The molecule has 1 unspecified atom stereocenters. The van der Waals surface area contributed by atoms with Gasteiger partial charge in [-0.2, -0.15) is 0 Å². The number of esters is 1. The Hall–Kier alpha value is -4.00. The van der Waals surface area contributed by atoms with Gasteiger partial charge in [0.2, 0.25) is 0 Å². The van der Waals surface area contributed by atoms with Crippen molar-refractivity contribution in [2.75, 3.05) is 13.7 Å². The number of rotatable bonds is 9. The van der Waals surface area contributed by atoms with Crippen LogP contribution in [-0.4, -0.2) is 29.2 Å². The van der Waals surface area contributed by atoms with Gasteiger partial charge in [-0.15, -0.1) is 0 Å². The van der Waals surface area contributed by atoms with E-state index in [1.165, 1.54) is 34.1 Å². The Morgan fingerprint density at radius 1 is 1.23 bits per heavy atom. The number of halogens is 2. The Balaban J connectivity index is 1.67. The van der Waals surface area contributed by atoms with Gasteiger partial charge in [0.1, 0.15) is 17.3 Å². The fraction of sp³-hybridized carbons (Fsp3) is 0.233. The first kappa shape index (κ1) is 30.5. The molecule has 5 rings (SSSR count). The van der Waals surface area contributed by atoms with Crippen LogP contribution in [0.15, 0.2) is 78.5 Å². The van der Waals surface area contributed by atoms with Crippen molar-refractivity contribution in [3.05, 3.63) is 110 Å². The first-order chi connectivity index (χ1) is 20.7. The molecule has 2 aromatic carbocycles. The number of furan rings is 1. The summed E-state index contributed by atoms with van der Waals surface area (Å²) >= 11 is 11.0. The summed E-state index contributed by atoms with van der Waals surface area (Å²) in [4.78, 5) is 43.3. The zero-order chi connectivity index (χ0) is 30.8. The van der Waals surface area contributed by atoms with Gasteiger partial charge in [-0.1, -0.05) is 42.3 Å². The number of methoxy groups -OCH3 is 1. The van der Waals surface area contributed by atoms with Crippen LogP contribution in [0.2, 0.25) is 5.02 Å². The molecule has 10 nitrogen and oxygen atoms in total. The topological polar surface area (TPSA) is 126 Å². The standard InChI is InChI=1S/C30H25BrClN3O7S/c1-4-6-22-26(29(37)41-5-2)27(16-7-11-24(40-3)20(31)13-16)34-28(36)25(43-30(34)33-22)15-18-9-12-23(42-18)19-14-17(35(38)39)8-10-21(19)32/h7-15,27H,4-6H2,1-3H3/b25-15-. The van der Waals surface area contributed by atoms with E-state index >= 15 is 0 Å². The number of non-ortho nitro benzene ring substituents is 1. The molecule has 0 saturated carbocycles. The van der Waals surface area contributed by atoms with Crippen molar-refractivity contribution in [1.82, 2.24) is 4.57 Å². The number of thiazole rings is 1. The summed E-state index contributed by atoms with van der Waals surface area (Å²) in [6.07, 6.45) is 2.82. The molecule has 0 saturated heterocycles. The molecule has 43 heavy (non-hydrogen) atoms. The Kier molecular flexibility index (Phi) is 9.00. The molecule has 1 aliphatic heterocycles. The lowest BCUT2D eigenvalue weighted by Gasteiger charge is -2.26. The molecular weight excluding hydrogens is 662 g/mol. The highest BCUT2D eigenvalue weighted by Crippen LogP contribution is 2.36. The third-order valence-corrected chi connectivity index (χ3v) is 8.64. The second-order valence-corrected chi connectivity index (χ2v) is 11.7. The average Bonchev–Trinajstić information content (AvgIpc) is 3.56. The molecule has 0 radical (unpaired) electrons. The lowest BCUT2D eigenvalue weighted by atomic mass is 9.94. The van der Waals surface area contributed by atoms with Crippen molar-refractivity contribution in [2.45, 2.75) is 32.7 Å². The van der Waals surface area contributed by atoms with Gasteiger partial charge in [0.25, 0.3) is 11.2 Å². The van der Waals surface area contributed by atoms with Crippen molar-refractivity contribution >= 4 is 56.6 Å². The minimum atomic E-state index is -0.794. The normalized spacial score (nSPS) is 14.8. The number of ether oxygens (including phenoxy) is 2. The molecule has 0 N–H and O–H groups in total. The highest BCUT2D eigenvalue weighted by atomic mass is 79.9. The molecule has 13 heteroatoms. The van der Waals surface area contributed by atoms with Crippen LogP contribution in [0.5, 0.6) is 5.75 Å². The van der Waals surface area contributed by atoms with Crippen LogP contribution in [-0.2, 0) is 9.53 Å². The van der Waals surface area contributed by atoms with E-state index in [-0.39, 0.29) is 22.9 Å².